The van der Waals surface area contributed by atoms with E-state index in [0.717, 1.165) is 18.8 Å². The zero-order valence-electron chi connectivity index (χ0n) is 10.8. The summed E-state index contributed by atoms with van der Waals surface area (Å²) in [6, 6.07) is 13.7. The summed E-state index contributed by atoms with van der Waals surface area (Å²) >= 11 is 6.08. The number of anilines is 1. The van der Waals surface area contributed by atoms with Crippen LogP contribution in [0.15, 0.2) is 47.6 Å². The topological polar surface area (TPSA) is 61.9 Å². The Morgan fingerprint density at radius 3 is 2.40 bits per heavy atom. The van der Waals surface area contributed by atoms with Gasteiger partial charge < -0.3 is 15.8 Å². The molecule has 1 heterocycles. The molecular formula is C15H14ClN3O. The lowest BCUT2D eigenvalue weighted by molar-refractivity contribution is 0.318. The third kappa shape index (κ3) is 2.18. The van der Waals surface area contributed by atoms with E-state index in [-0.39, 0.29) is 5.84 Å². The molecule has 0 aromatic heterocycles. The van der Waals surface area contributed by atoms with Gasteiger partial charge in [0.15, 0.2) is 5.84 Å². The van der Waals surface area contributed by atoms with Gasteiger partial charge >= 0.3 is 0 Å². The molecule has 3 rings (SSSR count). The van der Waals surface area contributed by atoms with Crippen molar-refractivity contribution in [3.05, 3.63) is 64.2 Å². The quantitative estimate of drug-likeness (QED) is 0.386. The van der Waals surface area contributed by atoms with Gasteiger partial charge in [-0.15, -0.1) is 0 Å². The Morgan fingerprint density at radius 2 is 1.80 bits per heavy atom. The molecule has 0 saturated heterocycles. The molecule has 0 saturated carbocycles. The Kier molecular flexibility index (Phi) is 3.24. The highest BCUT2D eigenvalue weighted by atomic mass is 35.5. The van der Waals surface area contributed by atoms with Crippen LogP contribution in [0.5, 0.6) is 0 Å². The van der Waals surface area contributed by atoms with Crippen molar-refractivity contribution in [2.45, 2.75) is 13.1 Å². The second-order valence-corrected chi connectivity index (χ2v) is 5.21. The van der Waals surface area contributed by atoms with Crippen LogP contribution in [-0.4, -0.2) is 11.0 Å². The van der Waals surface area contributed by atoms with Crippen LogP contribution in [0.25, 0.3) is 0 Å². The standard InChI is InChI=1S/C15H14ClN3O/c16-12-5-6-13(15(17)18-20)14(7-12)19-8-10-3-1-2-4-11(10)9-19/h1-7,20H,8-9H2,(H2,17,18). The molecule has 0 radical (unpaired) electrons. The Morgan fingerprint density at radius 1 is 1.15 bits per heavy atom. The SMILES string of the molecule is NC(=NO)c1ccc(Cl)cc1N1Cc2ccccc2C1. The van der Waals surface area contributed by atoms with Gasteiger partial charge in [-0.1, -0.05) is 41.0 Å². The number of nitrogens with zero attached hydrogens (tertiary/aromatic N) is 2. The predicted octanol–water partition coefficient (Wildman–Crippen LogP) is 2.95. The maximum atomic E-state index is 8.91. The summed E-state index contributed by atoms with van der Waals surface area (Å²) in [5.41, 5.74) is 9.89. The molecule has 0 atom stereocenters. The second-order valence-electron chi connectivity index (χ2n) is 4.77. The molecule has 2 aromatic carbocycles. The first-order valence-corrected chi connectivity index (χ1v) is 6.66. The van der Waals surface area contributed by atoms with Crippen LogP contribution in [0.1, 0.15) is 16.7 Å². The Bertz CT molecular complexity index is 660. The lowest BCUT2D eigenvalue weighted by Gasteiger charge is -2.21. The van der Waals surface area contributed by atoms with Crippen molar-refractivity contribution >= 4 is 23.1 Å². The summed E-state index contributed by atoms with van der Waals surface area (Å²) in [5.74, 6) is 0.0904. The Balaban J connectivity index is 2.02. The number of halogens is 1. The van der Waals surface area contributed by atoms with E-state index in [1.54, 1.807) is 12.1 Å². The molecule has 0 spiro atoms. The normalized spacial score (nSPS) is 14.4. The largest absolute Gasteiger partial charge is 0.409 e. The average Bonchev–Trinajstić information content (AvgIpc) is 2.90. The van der Waals surface area contributed by atoms with Crippen molar-refractivity contribution in [1.29, 1.82) is 0 Å². The Labute approximate surface area is 122 Å². The van der Waals surface area contributed by atoms with Crippen molar-refractivity contribution in [3.8, 4) is 0 Å². The van der Waals surface area contributed by atoms with Gasteiger partial charge in [0, 0.05) is 29.4 Å². The van der Waals surface area contributed by atoms with Gasteiger partial charge in [-0.05, 0) is 29.3 Å². The minimum absolute atomic E-state index is 0.0904. The van der Waals surface area contributed by atoms with Crippen molar-refractivity contribution in [2.24, 2.45) is 10.9 Å². The smallest absolute Gasteiger partial charge is 0.172 e. The maximum Gasteiger partial charge on any atom is 0.172 e. The van der Waals surface area contributed by atoms with Crippen molar-refractivity contribution in [1.82, 2.24) is 0 Å². The Hall–Kier alpha value is -2.20. The van der Waals surface area contributed by atoms with Crippen molar-refractivity contribution in [2.75, 3.05) is 4.90 Å². The molecule has 4 nitrogen and oxygen atoms in total. The zero-order chi connectivity index (χ0) is 14.1. The molecule has 0 unspecified atom stereocenters. The molecule has 2 aromatic rings. The lowest BCUT2D eigenvalue weighted by Crippen LogP contribution is -2.21. The fourth-order valence-electron chi connectivity index (χ4n) is 2.54. The molecule has 0 fully saturated rings. The van der Waals surface area contributed by atoms with Crippen LogP contribution in [0.3, 0.4) is 0 Å². The first-order valence-electron chi connectivity index (χ1n) is 6.28. The van der Waals surface area contributed by atoms with Crippen molar-refractivity contribution in [3.63, 3.8) is 0 Å². The zero-order valence-corrected chi connectivity index (χ0v) is 11.5. The monoisotopic (exact) mass is 287 g/mol. The van der Waals surface area contributed by atoms with Crippen LogP contribution >= 0.6 is 11.6 Å². The van der Waals surface area contributed by atoms with E-state index in [9.17, 15) is 0 Å². The number of nitrogens with two attached hydrogens (primary N) is 1. The summed E-state index contributed by atoms with van der Waals surface area (Å²) in [7, 11) is 0. The molecule has 1 aliphatic heterocycles. The third-order valence-corrected chi connectivity index (χ3v) is 3.76. The van der Waals surface area contributed by atoms with E-state index in [1.807, 2.05) is 18.2 Å². The molecule has 3 N–H and O–H groups in total. The summed E-state index contributed by atoms with van der Waals surface area (Å²) in [6.45, 7) is 1.59. The maximum absolute atomic E-state index is 8.91. The molecule has 1 aliphatic rings. The highest BCUT2D eigenvalue weighted by Gasteiger charge is 2.22. The van der Waals surface area contributed by atoms with E-state index in [4.69, 9.17) is 22.5 Å². The van der Waals surface area contributed by atoms with E-state index >= 15 is 0 Å². The first kappa shape index (κ1) is 12.8. The van der Waals surface area contributed by atoms with Crippen LogP contribution < -0.4 is 10.6 Å². The number of hydrogen-bond acceptors (Lipinski definition) is 3. The second kappa shape index (κ2) is 5.06. The van der Waals surface area contributed by atoms with Gasteiger partial charge in [0.2, 0.25) is 0 Å². The van der Waals surface area contributed by atoms with Crippen LogP contribution in [0.4, 0.5) is 5.69 Å². The minimum Gasteiger partial charge on any atom is -0.409 e. The van der Waals surface area contributed by atoms with Crippen molar-refractivity contribution < 1.29 is 5.21 Å². The van der Waals surface area contributed by atoms with E-state index in [0.29, 0.717) is 10.6 Å². The average molecular weight is 288 g/mol. The molecule has 5 heteroatoms. The predicted molar refractivity (Wildman–Crippen MR) is 80.3 cm³/mol. The lowest BCUT2D eigenvalue weighted by atomic mass is 10.1. The number of amidine groups is 1. The van der Waals surface area contributed by atoms with E-state index in [1.165, 1.54) is 11.1 Å². The third-order valence-electron chi connectivity index (χ3n) is 3.52. The summed E-state index contributed by atoms with van der Waals surface area (Å²) in [4.78, 5) is 2.17. The van der Waals surface area contributed by atoms with Gasteiger partial charge in [0.05, 0.1) is 0 Å². The molecule has 0 amide bonds. The summed E-state index contributed by atoms with van der Waals surface area (Å²) < 4.78 is 0. The molecule has 20 heavy (non-hydrogen) atoms. The summed E-state index contributed by atoms with van der Waals surface area (Å²) in [6.07, 6.45) is 0. The highest BCUT2D eigenvalue weighted by molar-refractivity contribution is 6.31. The van der Waals surface area contributed by atoms with Gasteiger partial charge in [-0.2, -0.15) is 0 Å². The molecule has 102 valence electrons. The first-order chi connectivity index (χ1) is 9.69. The number of fused-ring (bicyclic) bond motifs is 1. The van der Waals surface area contributed by atoms with Gasteiger partial charge in [-0.3, -0.25) is 0 Å². The number of hydrogen-bond donors (Lipinski definition) is 2. The molecular weight excluding hydrogens is 274 g/mol. The van der Waals surface area contributed by atoms with Crippen LogP contribution in [0, 0.1) is 0 Å². The fourth-order valence-corrected chi connectivity index (χ4v) is 2.71. The number of benzene rings is 2. The number of oxime groups is 1. The van der Waals surface area contributed by atoms with Gasteiger partial charge in [0.1, 0.15) is 0 Å². The van der Waals surface area contributed by atoms with E-state index in [2.05, 4.69) is 22.2 Å². The van der Waals surface area contributed by atoms with E-state index < -0.39 is 0 Å². The van der Waals surface area contributed by atoms with Crippen LogP contribution in [0.2, 0.25) is 5.02 Å². The number of rotatable bonds is 2. The van der Waals surface area contributed by atoms with Gasteiger partial charge in [0.25, 0.3) is 0 Å². The van der Waals surface area contributed by atoms with Gasteiger partial charge in [-0.25, -0.2) is 0 Å². The molecule has 0 bridgehead atoms. The highest BCUT2D eigenvalue weighted by Crippen LogP contribution is 2.32. The summed E-state index contributed by atoms with van der Waals surface area (Å²) in [5, 5.41) is 12.6. The van der Waals surface area contributed by atoms with Crippen LogP contribution in [-0.2, 0) is 13.1 Å². The molecule has 0 aliphatic carbocycles. The fraction of sp³-hybridized carbons (Fsp3) is 0.133. The minimum atomic E-state index is 0.0904.